The van der Waals surface area contributed by atoms with E-state index in [4.69, 9.17) is 16.3 Å². The number of benzene rings is 1. The molecule has 0 aliphatic carbocycles. The number of aliphatic hydroxyl groups is 1. The Morgan fingerprint density at radius 1 is 1.27 bits per heavy atom. The van der Waals surface area contributed by atoms with Gasteiger partial charge in [-0.1, -0.05) is 23.7 Å². The van der Waals surface area contributed by atoms with E-state index < -0.39 is 6.10 Å². The van der Waals surface area contributed by atoms with Gasteiger partial charge in [0.15, 0.2) is 5.96 Å². The third-order valence-corrected chi connectivity index (χ3v) is 5.00. The van der Waals surface area contributed by atoms with Crippen LogP contribution in [0.3, 0.4) is 0 Å². The fraction of sp³-hybridized carbons (Fsp3) is 0.389. The van der Waals surface area contributed by atoms with Crippen LogP contribution >= 0.6 is 22.9 Å². The molecular formula is C18H23ClFN3O2S. The molecule has 1 heterocycles. The van der Waals surface area contributed by atoms with Crippen LogP contribution in [0.5, 0.6) is 0 Å². The molecule has 0 radical (unpaired) electrons. The minimum atomic E-state index is -0.710. The van der Waals surface area contributed by atoms with Crippen LogP contribution in [-0.4, -0.2) is 37.8 Å². The number of halogens is 2. The molecule has 0 bridgehead atoms. The molecular weight excluding hydrogens is 377 g/mol. The van der Waals surface area contributed by atoms with E-state index in [1.807, 2.05) is 6.92 Å². The Morgan fingerprint density at radius 2 is 2.00 bits per heavy atom. The predicted octanol–water partition coefficient (Wildman–Crippen LogP) is 3.52. The van der Waals surface area contributed by atoms with Gasteiger partial charge >= 0.3 is 0 Å². The molecule has 0 saturated carbocycles. The lowest BCUT2D eigenvalue weighted by Crippen LogP contribution is -2.40. The van der Waals surface area contributed by atoms with Gasteiger partial charge in [-0.25, -0.2) is 4.39 Å². The second-order valence-corrected chi connectivity index (χ2v) is 7.28. The molecule has 0 amide bonds. The number of hydrogen-bond acceptors (Lipinski definition) is 4. The summed E-state index contributed by atoms with van der Waals surface area (Å²) in [5, 5.41) is 16.5. The molecule has 1 aromatic carbocycles. The topological polar surface area (TPSA) is 65.9 Å². The third-order valence-electron chi connectivity index (χ3n) is 3.67. The molecule has 3 N–H and O–H groups in total. The normalized spacial score (nSPS) is 14.1. The van der Waals surface area contributed by atoms with Gasteiger partial charge in [-0.15, -0.1) is 11.3 Å². The Hall–Kier alpha value is -1.67. The van der Waals surface area contributed by atoms with Gasteiger partial charge in [-0.3, -0.25) is 4.99 Å². The van der Waals surface area contributed by atoms with Crippen LogP contribution in [0.4, 0.5) is 4.39 Å². The van der Waals surface area contributed by atoms with Crippen molar-refractivity contribution >= 4 is 28.9 Å². The third kappa shape index (κ3) is 6.25. The molecule has 0 aliphatic rings. The van der Waals surface area contributed by atoms with E-state index in [1.54, 1.807) is 31.4 Å². The number of ether oxygens (including phenoxy) is 1. The van der Waals surface area contributed by atoms with Gasteiger partial charge in [0.1, 0.15) is 11.9 Å². The molecule has 0 spiro atoms. The SMILES string of the molecule is CCNC(=NCC(O)c1ccc(Cl)s1)NCC(OC)c1ccc(F)cc1. The Labute approximate surface area is 161 Å². The Morgan fingerprint density at radius 3 is 2.58 bits per heavy atom. The zero-order chi connectivity index (χ0) is 18.9. The predicted molar refractivity (Wildman–Crippen MR) is 104 cm³/mol. The highest BCUT2D eigenvalue weighted by Gasteiger charge is 2.13. The van der Waals surface area contributed by atoms with Gasteiger partial charge in [-0.2, -0.15) is 0 Å². The number of methoxy groups -OCH3 is 1. The monoisotopic (exact) mass is 399 g/mol. The maximum absolute atomic E-state index is 13.1. The highest BCUT2D eigenvalue weighted by molar-refractivity contribution is 7.16. The molecule has 142 valence electrons. The summed E-state index contributed by atoms with van der Waals surface area (Å²) in [6.07, 6.45) is -0.959. The van der Waals surface area contributed by atoms with Gasteiger partial charge in [-0.05, 0) is 36.8 Å². The second kappa shape index (κ2) is 10.5. The van der Waals surface area contributed by atoms with Crippen LogP contribution < -0.4 is 10.6 Å². The molecule has 2 atom stereocenters. The summed E-state index contributed by atoms with van der Waals surface area (Å²) in [6.45, 7) is 3.30. The first kappa shape index (κ1) is 20.6. The van der Waals surface area contributed by atoms with Gasteiger partial charge in [0.05, 0.1) is 17.0 Å². The maximum Gasteiger partial charge on any atom is 0.191 e. The zero-order valence-corrected chi connectivity index (χ0v) is 16.3. The second-order valence-electron chi connectivity index (χ2n) is 5.53. The number of thiophene rings is 1. The van der Waals surface area contributed by atoms with E-state index in [1.165, 1.54) is 23.5 Å². The fourth-order valence-corrected chi connectivity index (χ4v) is 3.36. The summed E-state index contributed by atoms with van der Waals surface area (Å²) >= 11 is 7.23. The average molecular weight is 400 g/mol. The smallest absolute Gasteiger partial charge is 0.191 e. The van der Waals surface area contributed by atoms with E-state index in [0.717, 1.165) is 10.4 Å². The van der Waals surface area contributed by atoms with Gasteiger partial charge in [0.2, 0.25) is 0 Å². The van der Waals surface area contributed by atoms with Crippen molar-refractivity contribution < 1.29 is 14.2 Å². The number of hydrogen-bond donors (Lipinski definition) is 3. The Balaban J connectivity index is 1.96. The summed E-state index contributed by atoms with van der Waals surface area (Å²) < 4.78 is 19.2. The largest absolute Gasteiger partial charge is 0.386 e. The molecule has 2 rings (SSSR count). The van der Waals surface area contributed by atoms with Crippen molar-refractivity contribution in [2.24, 2.45) is 4.99 Å². The van der Waals surface area contributed by atoms with E-state index in [0.29, 0.717) is 23.4 Å². The van der Waals surface area contributed by atoms with Crippen molar-refractivity contribution in [3.8, 4) is 0 Å². The first-order chi connectivity index (χ1) is 12.5. The van der Waals surface area contributed by atoms with E-state index in [-0.39, 0.29) is 18.5 Å². The van der Waals surface area contributed by atoms with Crippen molar-refractivity contribution in [3.63, 3.8) is 0 Å². The number of nitrogens with zero attached hydrogens (tertiary/aromatic N) is 1. The summed E-state index contributed by atoms with van der Waals surface area (Å²) in [4.78, 5) is 5.18. The molecule has 5 nitrogen and oxygen atoms in total. The minimum Gasteiger partial charge on any atom is -0.386 e. The Bertz CT molecular complexity index is 709. The first-order valence-electron chi connectivity index (χ1n) is 8.27. The molecule has 1 aromatic heterocycles. The molecule has 0 saturated heterocycles. The fourth-order valence-electron chi connectivity index (χ4n) is 2.32. The molecule has 26 heavy (non-hydrogen) atoms. The van der Waals surface area contributed by atoms with E-state index >= 15 is 0 Å². The highest BCUT2D eigenvalue weighted by atomic mass is 35.5. The quantitative estimate of drug-likeness (QED) is 0.469. The lowest BCUT2D eigenvalue weighted by atomic mass is 10.1. The highest BCUT2D eigenvalue weighted by Crippen LogP contribution is 2.26. The first-order valence-corrected chi connectivity index (χ1v) is 9.46. The van der Waals surface area contributed by atoms with Crippen molar-refractivity contribution in [2.45, 2.75) is 19.1 Å². The molecule has 0 aliphatic heterocycles. The van der Waals surface area contributed by atoms with Gasteiger partial charge < -0.3 is 20.5 Å². The summed E-state index contributed by atoms with van der Waals surface area (Å²) in [6, 6.07) is 9.75. The zero-order valence-electron chi connectivity index (χ0n) is 14.7. The minimum absolute atomic E-state index is 0.209. The summed E-state index contributed by atoms with van der Waals surface area (Å²) in [5.74, 6) is 0.285. The van der Waals surface area contributed by atoms with E-state index in [9.17, 15) is 9.50 Å². The Kier molecular flexibility index (Phi) is 8.31. The standard InChI is InChI=1S/C18H23ClFN3O2S/c1-3-21-18(22-10-14(24)16-8-9-17(19)26-16)23-11-15(25-2)12-4-6-13(20)7-5-12/h4-9,14-15,24H,3,10-11H2,1-2H3,(H2,21,22,23). The maximum atomic E-state index is 13.1. The van der Waals surface area contributed by atoms with Crippen LogP contribution in [0.1, 0.15) is 29.6 Å². The number of nitrogens with one attached hydrogen (secondary N) is 2. The lowest BCUT2D eigenvalue weighted by Gasteiger charge is -2.19. The summed E-state index contributed by atoms with van der Waals surface area (Å²) in [5.41, 5.74) is 0.866. The molecule has 8 heteroatoms. The number of aliphatic imine (C=N–C) groups is 1. The van der Waals surface area contributed by atoms with Crippen molar-refractivity contribution in [2.75, 3.05) is 26.7 Å². The van der Waals surface area contributed by atoms with E-state index in [2.05, 4.69) is 15.6 Å². The van der Waals surface area contributed by atoms with Gasteiger partial charge in [0.25, 0.3) is 0 Å². The van der Waals surface area contributed by atoms with Crippen LogP contribution in [0, 0.1) is 5.82 Å². The van der Waals surface area contributed by atoms with Crippen LogP contribution in [0.15, 0.2) is 41.4 Å². The van der Waals surface area contributed by atoms with Gasteiger partial charge in [0, 0.05) is 25.1 Å². The molecule has 2 aromatic rings. The van der Waals surface area contributed by atoms with Crippen molar-refractivity contribution in [3.05, 3.63) is 57.0 Å². The van der Waals surface area contributed by atoms with Crippen LogP contribution in [-0.2, 0) is 4.74 Å². The molecule has 0 fully saturated rings. The van der Waals surface area contributed by atoms with Crippen LogP contribution in [0.25, 0.3) is 0 Å². The number of rotatable bonds is 8. The van der Waals surface area contributed by atoms with Crippen LogP contribution in [0.2, 0.25) is 4.34 Å². The van der Waals surface area contributed by atoms with Crippen molar-refractivity contribution in [1.29, 1.82) is 0 Å². The molecule has 2 unspecified atom stereocenters. The lowest BCUT2D eigenvalue weighted by molar-refractivity contribution is 0.106. The summed E-state index contributed by atoms with van der Waals surface area (Å²) in [7, 11) is 1.60. The van der Waals surface area contributed by atoms with Crippen molar-refractivity contribution in [1.82, 2.24) is 10.6 Å². The number of aliphatic hydroxyl groups excluding tert-OH is 1. The average Bonchev–Trinajstić information content (AvgIpc) is 3.07. The number of guanidine groups is 1.